The lowest BCUT2D eigenvalue weighted by Gasteiger charge is -2.22. The van der Waals surface area contributed by atoms with Crippen LogP contribution in [0.4, 0.5) is 0 Å². The van der Waals surface area contributed by atoms with Crippen LogP contribution in [-0.2, 0) is 5.41 Å². The molecule has 3 nitrogen and oxygen atoms in total. The predicted octanol–water partition coefficient (Wildman–Crippen LogP) is 16.8. The summed E-state index contributed by atoms with van der Waals surface area (Å²) >= 11 is 1.87. The Morgan fingerprint density at radius 2 is 0.892 bits per heavy atom. The lowest BCUT2D eigenvalue weighted by molar-refractivity contribution is 0.660. The number of hydrogen-bond acceptors (Lipinski definition) is 1. The molecular formula is C61H41N3S. The minimum atomic E-state index is -0.111. The smallest absolute Gasteiger partial charge is 0.0562 e. The summed E-state index contributed by atoms with van der Waals surface area (Å²) in [4.78, 5) is 0. The maximum absolute atomic E-state index is 2.46. The third-order valence-corrected chi connectivity index (χ3v) is 15.4. The van der Waals surface area contributed by atoms with E-state index in [2.05, 4.69) is 240 Å². The molecule has 13 aromatic rings. The zero-order valence-electron chi connectivity index (χ0n) is 36.0. The van der Waals surface area contributed by atoms with Gasteiger partial charge in [-0.05, 0) is 135 Å². The number of hydrogen-bond donors (Lipinski definition) is 0. The van der Waals surface area contributed by atoms with E-state index in [0.29, 0.717) is 0 Å². The van der Waals surface area contributed by atoms with Crippen molar-refractivity contribution in [2.45, 2.75) is 19.3 Å². The van der Waals surface area contributed by atoms with Crippen molar-refractivity contribution in [3.05, 3.63) is 223 Å². The van der Waals surface area contributed by atoms with Crippen LogP contribution in [0.3, 0.4) is 0 Å². The highest BCUT2D eigenvalue weighted by Crippen LogP contribution is 2.49. The first-order valence-corrected chi connectivity index (χ1v) is 23.3. The maximum Gasteiger partial charge on any atom is 0.0562 e. The van der Waals surface area contributed by atoms with Crippen molar-refractivity contribution in [1.82, 2.24) is 13.7 Å². The molecule has 8 bridgehead atoms. The van der Waals surface area contributed by atoms with Crippen LogP contribution in [0.25, 0.3) is 114 Å². The summed E-state index contributed by atoms with van der Waals surface area (Å²) < 4.78 is 9.93. The predicted molar refractivity (Wildman–Crippen MR) is 278 cm³/mol. The Kier molecular flexibility index (Phi) is 7.62. The van der Waals surface area contributed by atoms with Crippen LogP contribution in [0.15, 0.2) is 212 Å². The third-order valence-electron chi connectivity index (χ3n) is 14.2. The van der Waals surface area contributed by atoms with Crippen LogP contribution in [0.2, 0.25) is 0 Å². The van der Waals surface area contributed by atoms with E-state index in [4.69, 9.17) is 0 Å². The molecule has 306 valence electrons. The van der Waals surface area contributed by atoms with Crippen molar-refractivity contribution in [2.75, 3.05) is 0 Å². The highest BCUT2D eigenvalue weighted by atomic mass is 32.1. The van der Waals surface area contributed by atoms with Crippen molar-refractivity contribution in [2.24, 2.45) is 0 Å². The van der Waals surface area contributed by atoms with Crippen LogP contribution in [-0.4, -0.2) is 13.7 Å². The first-order valence-electron chi connectivity index (χ1n) is 22.5. The van der Waals surface area contributed by atoms with Crippen molar-refractivity contribution in [3.63, 3.8) is 0 Å². The molecule has 0 aliphatic heterocycles. The van der Waals surface area contributed by atoms with Gasteiger partial charge in [0.1, 0.15) is 0 Å². The molecule has 0 amide bonds. The molecule has 4 heteroatoms. The van der Waals surface area contributed by atoms with Gasteiger partial charge in [-0.25, -0.2) is 0 Å². The Balaban J connectivity index is 1.07. The van der Waals surface area contributed by atoms with E-state index in [9.17, 15) is 0 Å². The van der Waals surface area contributed by atoms with Crippen LogP contribution < -0.4 is 0 Å². The summed E-state index contributed by atoms with van der Waals surface area (Å²) in [5, 5.41) is 9.79. The summed E-state index contributed by atoms with van der Waals surface area (Å²) in [6, 6.07) is 79.5. The normalized spacial score (nSPS) is 13.2. The number of thiophene rings is 1. The van der Waals surface area contributed by atoms with E-state index in [-0.39, 0.29) is 5.41 Å². The Labute approximate surface area is 379 Å². The van der Waals surface area contributed by atoms with Crippen molar-refractivity contribution in [1.29, 1.82) is 0 Å². The lowest BCUT2D eigenvalue weighted by Crippen LogP contribution is -2.15. The molecular weight excluding hydrogens is 807 g/mol. The average molecular weight is 848 g/mol. The zero-order valence-corrected chi connectivity index (χ0v) is 36.8. The number of nitrogens with zero attached hydrogens (tertiary/aromatic N) is 3. The van der Waals surface area contributed by atoms with Gasteiger partial charge < -0.3 is 13.7 Å². The Bertz CT molecular complexity index is 4220. The van der Waals surface area contributed by atoms with Crippen molar-refractivity contribution in [3.8, 4) is 28.2 Å². The second-order valence-corrected chi connectivity index (χ2v) is 19.3. The standard InChI is InChI=1S/C61H41N3S/c1-61(2)54-21-7-5-19-48(54)49-28-24-45(36-55(49)61)62-41-16-9-14-39(32-41)40-15-10-17-42(33-40)63(44-27-31-60-53(35-44)52-34-43(62)26-30-59(52)65-60)46-25-29-51-50-20-6-8-22-57(50)64(58(51)37-46)56-23-11-13-38-12-3-4-18-47(38)56/h3-37H,1-2H3. The first-order chi connectivity index (χ1) is 32.0. The molecule has 10 aromatic carbocycles. The van der Waals surface area contributed by atoms with Crippen LogP contribution in [0.5, 0.6) is 0 Å². The molecule has 65 heavy (non-hydrogen) atoms. The molecule has 0 fully saturated rings. The summed E-state index contributed by atoms with van der Waals surface area (Å²) in [5.74, 6) is 0. The highest BCUT2D eigenvalue weighted by molar-refractivity contribution is 7.25. The monoisotopic (exact) mass is 847 g/mol. The molecule has 0 spiro atoms. The molecule has 0 unspecified atom stereocenters. The summed E-state index contributed by atoms with van der Waals surface area (Å²) in [5.41, 5.74) is 15.6. The van der Waals surface area contributed by atoms with Crippen LogP contribution in [0.1, 0.15) is 25.0 Å². The summed E-state index contributed by atoms with van der Waals surface area (Å²) in [7, 11) is 0. The zero-order chi connectivity index (χ0) is 43.0. The van der Waals surface area contributed by atoms with Crippen LogP contribution in [0, 0.1) is 0 Å². The summed E-state index contributed by atoms with van der Waals surface area (Å²) in [6.07, 6.45) is 0. The van der Waals surface area contributed by atoms with Gasteiger partial charge in [0.2, 0.25) is 0 Å². The second kappa shape index (κ2) is 13.5. The molecule has 0 saturated heterocycles. The van der Waals surface area contributed by atoms with E-state index < -0.39 is 0 Å². The fourth-order valence-corrected chi connectivity index (χ4v) is 12.2. The summed E-state index contributed by atoms with van der Waals surface area (Å²) in [6.45, 7) is 4.73. The minimum absolute atomic E-state index is 0.111. The van der Waals surface area contributed by atoms with Gasteiger partial charge in [-0.3, -0.25) is 0 Å². The fraction of sp³-hybridized carbons (Fsp3) is 0.0492. The number of para-hydroxylation sites is 1. The van der Waals surface area contributed by atoms with E-state index in [1.165, 1.54) is 86.1 Å². The largest absolute Gasteiger partial charge is 0.310 e. The number of fused-ring (bicyclic) bond motifs is 14. The molecule has 14 rings (SSSR count). The SMILES string of the molecule is CC1(C)c2ccccc2-c2ccc(-n3c4cccc(c4)c4cccc(c4)n(-c4ccc5c6ccccc6n(-c6cccc7ccccc67)c5c4)c4ccc5sc6ccc3cc6c5c4)cc21. The fourth-order valence-electron chi connectivity index (χ4n) is 11.2. The first kappa shape index (κ1) is 36.6. The number of aromatic nitrogens is 3. The van der Waals surface area contributed by atoms with Gasteiger partial charge in [0.25, 0.3) is 0 Å². The topological polar surface area (TPSA) is 14.8 Å². The Morgan fingerprint density at radius 3 is 1.65 bits per heavy atom. The van der Waals surface area contributed by atoms with Crippen molar-refractivity contribution < 1.29 is 0 Å². The van der Waals surface area contributed by atoms with Gasteiger partial charge in [0.15, 0.2) is 0 Å². The van der Waals surface area contributed by atoms with Gasteiger partial charge in [-0.15, -0.1) is 11.3 Å². The average Bonchev–Trinajstić information content (AvgIpc) is 3.96. The molecule has 0 radical (unpaired) electrons. The molecule has 0 N–H and O–H groups in total. The van der Waals surface area contributed by atoms with Gasteiger partial charge in [-0.1, -0.05) is 129 Å². The van der Waals surface area contributed by atoms with E-state index in [1.807, 2.05) is 11.3 Å². The molecule has 1 aliphatic rings. The van der Waals surface area contributed by atoms with Gasteiger partial charge >= 0.3 is 0 Å². The number of benzene rings is 10. The van der Waals surface area contributed by atoms with E-state index in [0.717, 1.165) is 38.8 Å². The molecule has 3 aromatic heterocycles. The quantitative estimate of drug-likeness (QED) is 0.168. The van der Waals surface area contributed by atoms with Crippen molar-refractivity contribution >= 4 is 96.9 Å². The van der Waals surface area contributed by atoms with E-state index in [1.54, 1.807) is 0 Å². The Hall–Kier alpha value is -7.92. The maximum atomic E-state index is 2.46. The lowest BCUT2D eigenvalue weighted by atomic mass is 9.82. The molecule has 0 atom stereocenters. The second-order valence-electron chi connectivity index (χ2n) is 18.2. The molecule has 1 aliphatic carbocycles. The third kappa shape index (κ3) is 5.35. The van der Waals surface area contributed by atoms with Crippen LogP contribution >= 0.6 is 11.3 Å². The van der Waals surface area contributed by atoms with Gasteiger partial charge in [0, 0.05) is 75.2 Å². The molecule has 0 saturated carbocycles. The van der Waals surface area contributed by atoms with Gasteiger partial charge in [-0.2, -0.15) is 0 Å². The number of rotatable bonds is 3. The van der Waals surface area contributed by atoms with E-state index >= 15 is 0 Å². The highest BCUT2D eigenvalue weighted by Gasteiger charge is 2.35. The minimum Gasteiger partial charge on any atom is -0.310 e. The Morgan fingerprint density at radius 1 is 0.338 bits per heavy atom. The molecule has 3 heterocycles. The van der Waals surface area contributed by atoms with Gasteiger partial charge in [0.05, 0.1) is 16.7 Å².